The molecule has 0 saturated heterocycles. The molecule has 0 aromatic heterocycles. The molecule has 1 N–H and O–H groups in total. The van der Waals surface area contributed by atoms with Gasteiger partial charge < -0.3 is 5.32 Å². The highest BCUT2D eigenvalue weighted by Crippen LogP contribution is 2.40. The molecular formula is C18H19Cl2N. The normalized spacial score (nSPS) is 21.0. The van der Waals surface area contributed by atoms with Crippen LogP contribution in [0.25, 0.3) is 0 Å². The van der Waals surface area contributed by atoms with E-state index in [0.717, 1.165) is 34.1 Å². The molecule has 0 spiro atoms. The average molecular weight is 320 g/mol. The molecule has 0 aliphatic heterocycles. The minimum atomic E-state index is 0.479. The summed E-state index contributed by atoms with van der Waals surface area (Å²) >= 11 is 12.4. The zero-order valence-corrected chi connectivity index (χ0v) is 13.8. The van der Waals surface area contributed by atoms with Crippen molar-refractivity contribution in [1.29, 1.82) is 0 Å². The zero-order chi connectivity index (χ0) is 15.0. The van der Waals surface area contributed by atoms with E-state index in [4.69, 9.17) is 23.2 Å². The second kappa shape index (κ2) is 5.90. The largest absolute Gasteiger partial charge is 0.381 e. The molecule has 0 heterocycles. The van der Waals surface area contributed by atoms with Gasteiger partial charge in [0, 0.05) is 11.1 Å². The van der Waals surface area contributed by atoms with Crippen LogP contribution >= 0.6 is 23.2 Å². The van der Waals surface area contributed by atoms with Gasteiger partial charge in [0.2, 0.25) is 0 Å². The Hall–Kier alpha value is -1.18. The first-order chi connectivity index (χ1) is 10.0. The monoisotopic (exact) mass is 319 g/mol. The molecule has 2 aromatic carbocycles. The molecule has 0 radical (unpaired) electrons. The fourth-order valence-corrected chi connectivity index (χ4v) is 3.26. The smallest absolute Gasteiger partial charge is 0.0641 e. The Balaban J connectivity index is 1.62. The van der Waals surface area contributed by atoms with Gasteiger partial charge in [-0.15, -0.1) is 0 Å². The summed E-state index contributed by atoms with van der Waals surface area (Å²) in [6.45, 7) is 4.09. The lowest BCUT2D eigenvalue weighted by molar-refractivity contribution is 0.374. The Morgan fingerprint density at radius 1 is 0.952 bits per heavy atom. The molecule has 3 heteroatoms. The minimum absolute atomic E-state index is 0.479. The maximum absolute atomic E-state index is 6.28. The van der Waals surface area contributed by atoms with E-state index < -0.39 is 0 Å². The van der Waals surface area contributed by atoms with Crippen molar-refractivity contribution in [2.45, 2.75) is 38.6 Å². The van der Waals surface area contributed by atoms with Gasteiger partial charge in [0.25, 0.3) is 0 Å². The number of halogens is 2. The first-order valence-electron chi connectivity index (χ1n) is 7.31. The number of anilines is 1. The van der Waals surface area contributed by atoms with Crippen molar-refractivity contribution in [2.75, 3.05) is 5.32 Å². The summed E-state index contributed by atoms with van der Waals surface area (Å²) in [6.07, 6.45) is 2.29. The van der Waals surface area contributed by atoms with E-state index in [1.165, 1.54) is 11.1 Å². The summed E-state index contributed by atoms with van der Waals surface area (Å²) < 4.78 is 0. The van der Waals surface area contributed by atoms with Crippen LogP contribution < -0.4 is 5.32 Å². The summed E-state index contributed by atoms with van der Waals surface area (Å²) in [5.41, 5.74) is 4.71. The van der Waals surface area contributed by atoms with Crippen LogP contribution in [0.5, 0.6) is 0 Å². The molecule has 0 atom stereocenters. The fraction of sp³-hybridized carbons (Fsp3) is 0.333. The fourth-order valence-electron chi connectivity index (χ4n) is 2.82. The Labute approximate surface area is 136 Å². The number of hydrogen-bond acceptors (Lipinski definition) is 1. The van der Waals surface area contributed by atoms with E-state index in [2.05, 4.69) is 36.5 Å². The lowest BCUT2D eigenvalue weighted by Crippen LogP contribution is -2.34. The van der Waals surface area contributed by atoms with Gasteiger partial charge in [0.1, 0.15) is 0 Å². The Kier molecular flexibility index (Phi) is 4.14. The Morgan fingerprint density at radius 2 is 1.62 bits per heavy atom. The highest BCUT2D eigenvalue weighted by Gasteiger charge is 2.30. The summed E-state index contributed by atoms with van der Waals surface area (Å²) in [7, 11) is 0. The van der Waals surface area contributed by atoms with Gasteiger partial charge in [0.05, 0.1) is 10.7 Å². The molecule has 1 fully saturated rings. The lowest BCUT2D eigenvalue weighted by atomic mass is 9.75. The van der Waals surface area contributed by atoms with Crippen LogP contribution in [0.15, 0.2) is 36.4 Å². The topological polar surface area (TPSA) is 12.0 Å². The minimum Gasteiger partial charge on any atom is -0.381 e. The zero-order valence-electron chi connectivity index (χ0n) is 12.3. The summed E-state index contributed by atoms with van der Waals surface area (Å²) in [6, 6.07) is 13.2. The van der Waals surface area contributed by atoms with Crippen LogP contribution in [0.2, 0.25) is 10.0 Å². The number of benzene rings is 2. The predicted octanol–water partition coefficient (Wildman–Crippen LogP) is 5.97. The summed E-state index contributed by atoms with van der Waals surface area (Å²) in [4.78, 5) is 0. The number of nitrogens with one attached hydrogen (secondary N) is 1. The summed E-state index contributed by atoms with van der Waals surface area (Å²) in [5.74, 6) is 0.655. The second-order valence-electron chi connectivity index (χ2n) is 6.00. The van der Waals surface area contributed by atoms with Crippen LogP contribution in [0.4, 0.5) is 5.69 Å². The third-order valence-electron chi connectivity index (χ3n) is 4.29. The molecule has 0 amide bonds. The van der Waals surface area contributed by atoms with Gasteiger partial charge in [0.15, 0.2) is 0 Å². The van der Waals surface area contributed by atoms with E-state index in [1.807, 2.05) is 19.1 Å². The second-order valence-corrected chi connectivity index (χ2v) is 6.82. The molecule has 0 unspecified atom stereocenters. The van der Waals surface area contributed by atoms with E-state index >= 15 is 0 Å². The van der Waals surface area contributed by atoms with Gasteiger partial charge in [-0.1, -0.05) is 53.0 Å². The van der Waals surface area contributed by atoms with Crippen molar-refractivity contribution in [3.63, 3.8) is 0 Å². The Morgan fingerprint density at radius 3 is 2.29 bits per heavy atom. The van der Waals surface area contributed by atoms with Gasteiger partial charge >= 0.3 is 0 Å². The molecule has 1 aliphatic carbocycles. The standard InChI is InChI=1S/C18H19Cl2N/c1-11-3-5-13(6-4-11)14-8-15(9-14)21-18-10-16(19)12(2)7-17(18)20/h3-7,10,14-15,21H,8-9H2,1-2H3. The molecule has 3 rings (SSSR count). The Bertz CT molecular complexity index is 643. The highest BCUT2D eigenvalue weighted by molar-refractivity contribution is 6.35. The number of aryl methyl sites for hydroxylation is 2. The third-order valence-corrected chi connectivity index (χ3v) is 5.01. The van der Waals surface area contributed by atoms with Crippen molar-refractivity contribution in [2.24, 2.45) is 0 Å². The molecule has 1 saturated carbocycles. The number of rotatable bonds is 3. The van der Waals surface area contributed by atoms with Gasteiger partial charge in [-0.2, -0.15) is 0 Å². The van der Waals surface area contributed by atoms with Crippen molar-refractivity contribution >= 4 is 28.9 Å². The van der Waals surface area contributed by atoms with Crippen molar-refractivity contribution in [3.05, 3.63) is 63.1 Å². The average Bonchev–Trinajstić information content (AvgIpc) is 2.40. The van der Waals surface area contributed by atoms with E-state index in [-0.39, 0.29) is 0 Å². The maximum atomic E-state index is 6.28. The van der Waals surface area contributed by atoms with Crippen molar-refractivity contribution in [3.8, 4) is 0 Å². The van der Waals surface area contributed by atoms with Crippen molar-refractivity contribution in [1.82, 2.24) is 0 Å². The molecule has 1 nitrogen and oxygen atoms in total. The van der Waals surface area contributed by atoms with Crippen molar-refractivity contribution < 1.29 is 0 Å². The van der Waals surface area contributed by atoms with E-state index in [9.17, 15) is 0 Å². The molecule has 1 aliphatic rings. The number of hydrogen-bond donors (Lipinski definition) is 1. The van der Waals surface area contributed by atoms with Gasteiger partial charge in [-0.3, -0.25) is 0 Å². The molecule has 21 heavy (non-hydrogen) atoms. The first-order valence-corrected chi connectivity index (χ1v) is 8.07. The molecular weight excluding hydrogens is 301 g/mol. The van der Waals surface area contributed by atoms with E-state index in [1.54, 1.807) is 0 Å². The molecule has 110 valence electrons. The van der Waals surface area contributed by atoms with Gasteiger partial charge in [-0.25, -0.2) is 0 Å². The van der Waals surface area contributed by atoms with Gasteiger partial charge in [-0.05, 0) is 55.9 Å². The third kappa shape index (κ3) is 3.20. The van der Waals surface area contributed by atoms with E-state index in [0.29, 0.717) is 12.0 Å². The van der Waals surface area contributed by atoms with Crippen LogP contribution in [0, 0.1) is 13.8 Å². The van der Waals surface area contributed by atoms with Crippen LogP contribution in [0.3, 0.4) is 0 Å². The van der Waals surface area contributed by atoms with Crippen LogP contribution in [-0.2, 0) is 0 Å². The quantitative estimate of drug-likeness (QED) is 0.735. The van der Waals surface area contributed by atoms with Crippen LogP contribution in [0.1, 0.15) is 35.4 Å². The molecule has 2 aromatic rings. The predicted molar refractivity (Wildman–Crippen MR) is 91.8 cm³/mol. The van der Waals surface area contributed by atoms with Crippen LogP contribution in [-0.4, -0.2) is 6.04 Å². The maximum Gasteiger partial charge on any atom is 0.0641 e. The SMILES string of the molecule is Cc1ccc(C2CC(Nc3cc(Cl)c(C)cc3Cl)C2)cc1. The first kappa shape index (κ1) is 14.7. The highest BCUT2D eigenvalue weighted by atomic mass is 35.5. The molecule has 0 bridgehead atoms. The lowest BCUT2D eigenvalue weighted by Gasteiger charge is -2.37. The summed E-state index contributed by atoms with van der Waals surface area (Å²) in [5, 5.41) is 5.02.